The van der Waals surface area contributed by atoms with Gasteiger partial charge >= 0.3 is 11.7 Å². The molecule has 0 radical (unpaired) electrons. The van der Waals surface area contributed by atoms with Crippen molar-refractivity contribution in [2.45, 2.75) is 25.8 Å². The third-order valence-corrected chi connectivity index (χ3v) is 4.60. The van der Waals surface area contributed by atoms with E-state index in [1.807, 2.05) is 6.07 Å². The summed E-state index contributed by atoms with van der Waals surface area (Å²) in [7, 11) is 0. The lowest BCUT2D eigenvalue weighted by molar-refractivity contribution is -0.143. The van der Waals surface area contributed by atoms with Crippen LogP contribution in [0.2, 0.25) is 0 Å². The summed E-state index contributed by atoms with van der Waals surface area (Å²) in [6.07, 6.45) is 2.25. The maximum atomic E-state index is 13.8. The Balaban J connectivity index is 1.23. The van der Waals surface area contributed by atoms with E-state index in [9.17, 15) is 14.0 Å². The molecule has 0 fully saturated rings. The van der Waals surface area contributed by atoms with Crippen LogP contribution in [0.1, 0.15) is 18.7 Å². The van der Waals surface area contributed by atoms with Crippen LogP contribution in [0.3, 0.4) is 0 Å². The van der Waals surface area contributed by atoms with Gasteiger partial charge in [-0.15, -0.1) is 0 Å². The van der Waals surface area contributed by atoms with E-state index in [4.69, 9.17) is 13.6 Å². The van der Waals surface area contributed by atoms with Crippen molar-refractivity contribution in [1.82, 2.24) is 9.55 Å². The maximum absolute atomic E-state index is 13.8. The molecule has 7 nitrogen and oxygen atoms in total. The number of aryl methyl sites for hydroxylation is 2. The molecule has 0 aliphatic heterocycles. The normalized spacial score (nSPS) is 11.1. The molecule has 0 saturated carbocycles. The zero-order valence-electron chi connectivity index (χ0n) is 16.0. The molecule has 0 unspecified atom stereocenters. The topological polar surface area (TPSA) is 87.5 Å². The van der Waals surface area contributed by atoms with Gasteiger partial charge in [-0.2, -0.15) is 0 Å². The number of benzene rings is 2. The smallest absolute Gasteiger partial charge is 0.419 e. The molecule has 0 aliphatic carbocycles. The van der Waals surface area contributed by atoms with Crippen LogP contribution in [0, 0.1) is 5.82 Å². The van der Waals surface area contributed by atoms with Crippen LogP contribution >= 0.6 is 0 Å². The van der Waals surface area contributed by atoms with Crippen LogP contribution in [-0.2, 0) is 22.5 Å². The fourth-order valence-electron chi connectivity index (χ4n) is 3.13. The van der Waals surface area contributed by atoms with E-state index in [-0.39, 0.29) is 19.4 Å². The summed E-state index contributed by atoms with van der Waals surface area (Å²) in [4.78, 5) is 27.9. The third-order valence-electron chi connectivity index (χ3n) is 4.60. The number of ether oxygens (including phenoxy) is 1. The number of halogens is 1. The molecular weight excluding hydrogens is 391 g/mol. The molecule has 8 heteroatoms. The highest BCUT2D eigenvalue weighted by Gasteiger charge is 2.13. The third kappa shape index (κ3) is 4.32. The number of rotatable bonds is 8. The first-order valence-electron chi connectivity index (χ1n) is 9.55. The first-order valence-corrected chi connectivity index (χ1v) is 9.55. The van der Waals surface area contributed by atoms with Crippen LogP contribution in [0.15, 0.2) is 68.4 Å². The first-order chi connectivity index (χ1) is 14.6. The number of aromatic nitrogens is 2. The van der Waals surface area contributed by atoms with Crippen molar-refractivity contribution in [3.63, 3.8) is 0 Å². The van der Waals surface area contributed by atoms with Gasteiger partial charge in [-0.3, -0.25) is 9.36 Å². The Kier molecular flexibility index (Phi) is 5.74. The highest BCUT2D eigenvalue weighted by Crippen LogP contribution is 2.23. The minimum atomic E-state index is -0.433. The van der Waals surface area contributed by atoms with Gasteiger partial charge in [-0.1, -0.05) is 24.3 Å². The molecule has 30 heavy (non-hydrogen) atoms. The molecule has 0 spiro atoms. The lowest BCUT2D eigenvalue weighted by Gasteiger charge is -2.05. The molecule has 154 valence electrons. The molecule has 2 heterocycles. The summed E-state index contributed by atoms with van der Waals surface area (Å²) in [5.41, 5.74) is 1.56. The highest BCUT2D eigenvalue weighted by molar-refractivity contribution is 5.72. The van der Waals surface area contributed by atoms with Crippen molar-refractivity contribution in [3.8, 4) is 11.3 Å². The second-order valence-electron chi connectivity index (χ2n) is 6.66. The average molecular weight is 410 g/mol. The second-order valence-corrected chi connectivity index (χ2v) is 6.66. The van der Waals surface area contributed by atoms with Crippen molar-refractivity contribution in [3.05, 3.63) is 77.0 Å². The van der Waals surface area contributed by atoms with E-state index in [0.717, 1.165) is 0 Å². The van der Waals surface area contributed by atoms with Crippen LogP contribution in [0.25, 0.3) is 22.4 Å². The standard InChI is InChI=1S/C22H19FN2O5/c23-16-7-2-1-6-15(16)19-14-24-20(29-19)10-11-21(26)28-13-5-12-25-17-8-3-4-9-18(17)30-22(25)27/h1-4,6-9,14H,5,10-13H2. The summed E-state index contributed by atoms with van der Waals surface area (Å²) in [6, 6.07) is 13.4. The molecule has 0 N–H and O–H groups in total. The quantitative estimate of drug-likeness (QED) is 0.323. The van der Waals surface area contributed by atoms with Gasteiger partial charge in [0, 0.05) is 13.0 Å². The van der Waals surface area contributed by atoms with Gasteiger partial charge in [0.1, 0.15) is 5.82 Å². The zero-order valence-corrected chi connectivity index (χ0v) is 16.0. The number of hydrogen-bond acceptors (Lipinski definition) is 6. The van der Waals surface area contributed by atoms with Gasteiger partial charge in [0.25, 0.3) is 0 Å². The number of para-hydroxylation sites is 2. The van der Waals surface area contributed by atoms with E-state index in [2.05, 4.69) is 4.98 Å². The van der Waals surface area contributed by atoms with Crippen LogP contribution in [-0.4, -0.2) is 22.1 Å². The largest absolute Gasteiger partial charge is 0.466 e. The summed E-state index contributed by atoms with van der Waals surface area (Å²) in [6.45, 7) is 0.561. The van der Waals surface area contributed by atoms with E-state index >= 15 is 0 Å². The number of oxazole rings is 2. The zero-order chi connectivity index (χ0) is 20.9. The van der Waals surface area contributed by atoms with Gasteiger partial charge in [0.2, 0.25) is 0 Å². The van der Waals surface area contributed by atoms with Crippen LogP contribution in [0.5, 0.6) is 0 Å². The van der Waals surface area contributed by atoms with Gasteiger partial charge in [-0.05, 0) is 30.7 Å². The van der Waals surface area contributed by atoms with Crippen molar-refractivity contribution in [2.24, 2.45) is 0 Å². The fourth-order valence-corrected chi connectivity index (χ4v) is 3.13. The number of hydrogen-bond donors (Lipinski definition) is 0. The number of esters is 1. The Morgan fingerprint density at radius 3 is 2.77 bits per heavy atom. The lowest BCUT2D eigenvalue weighted by Crippen LogP contribution is -2.16. The molecule has 4 aromatic rings. The highest BCUT2D eigenvalue weighted by atomic mass is 19.1. The molecule has 0 atom stereocenters. The Labute approximate surface area is 170 Å². The van der Waals surface area contributed by atoms with Crippen molar-refractivity contribution in [2.75, 3.05) is 6.61 Å². The number of carbonyl (C=O) groups is 1. The Morgan fingerprint density at radius 1 is 1.10 bits per heavy atom. The van der Waals surface area contributed by atoms with Gasteiger partial charge in [0.15, 0.2) is 17.2 Å². The first kappa shape index (κ1) is 19.6. The van der Waals surface area contributed by atoms with E-state index in [0.29, 0.717) is 41.3 Å². The Morgan fingerprint density at radius 2 is 1.90 bits per heavy atom. The average Bonchev–Trinajstić information content (AvgIpc) is 3.34. The van der Waals surface area contributed by atoms with Gasteiger partial charge in [0.05, 0.1) is 30.3 Å². The molecule has 0 aliphatic rings. The van der Waals surface area contributed by atoms with Crippen molar-refractivity contribution >= 4 is 17.1 Å². The summed E-state index contributed by atoms with van der Waals surface area (Å²) in [5, 5.41) is 0. The van der Waals surface area contributed by atoms with E-state index in [1.54, 1.807) is 36.4 Å². The van der Waals surface area contributed by atoms with Crippen LogP contribution < -0.4 is 5.76 Å². The van der Waals surface area contributed by atoms with E-state index < -0.39 is 17.5 Å². The summed E-state index contributed by atoms with van der Waals surface area (Å²) >= 11 is 0. The SMILES string of the molecule is O=C(CCc1ncc(-c2ccccc2F)o1)OCCCn1c(=O)oc2ccccc21. The van der Waals surface area contributed by atoms with Gasteiger partial charge < -0.3 is 13.6 Å². The predicted molar refractivity (Wildman–Crippen MR) is 106 cm³/mol. The Hall–Kier alpha value is -3.68. The van der Waals surface area contributed by atoms with E-state index in [1.165, 1.54) is 16.8 Å². The van der Waals surface area contributed by atoms with Crippen molar-refractivity contribution < 1.29 is 22.8 Å². The molecule has 2 aromatic heterocycles. The molecule has 4 rings (SSSR count). The number of carbonyl (C=O) groups excluding carboxylic acids is 1. The minimum Gasteiger partial charge on any atom is -0.466 e. The predicted octanol–water partition coefficient (Wildman–Crippen LogP) is 3.95. The summed E-state index contributed by atoms with van der Waals surface area (Å²) in [5.74, 6) is -0.581. The molecule has 0 saturated heterocycles. The van der Waals surface area contributed by atoms with Crippen LogP contribution in [0.4, 0.5) is 4.39 Å². The minimum absolute atomic E-state index is 0.0891. The molecular formula is C22H19FN2O5. The Bertz CT molecular complexity index is 1220. The monoisotopic (exact) mass is 410 g/mol. The molecule has 0 amide bonds. The van der Waals surface area contributed by atoms with Crippen molar-refractivity contribution in [1.29, 1.82) is 0 Å². The summed E-state index contributed by atoms with van der Waals surface area (Å²) < 4.78 is 31.2. The maximum Gasteiger partial charge on any atom is 0.419 e. The lowest BCUT2D eigenvalue weighted by atomic mass is 10.2. The van der Waals surface area contributed by atoms with Gasteiger partial charge in [-0.25, -0.2) is 14.2 Å². The number of nitrogens with zero attached hydrogens (tertiary/aromatic N) is 2. The molecule has 0 bridgehead atoms. The fraction of sp³-hybridized carbons (Fsp3) is 0.227. The number of fused-ring (bicyclic) bond motifs is 1. The second kappa shape index (κ2) is 8.77. The molecule has 2 aromatic carbocycles.